The Bertz CT molecular complexity index is 425. The minimum atomic E-state index is 0.883. The van der Waals surface area contributed by atoms with Crippen LogP contribution in [0.2, 0.25) is 0 Å². The van der Waals surface area contributed by atoms with E-state index in [1.54, 1.807) is 0 Å². The van der Waals surface area contributed by atoms with Gasteiger partial charge in [0.25, 0.3) is 0 Å². The van der Waals surface area contributed by atoms with Crippen LogP contribution in [0, 0.1) is 0 Å². The van der Waals surface area contributed by atoms with E-state index in [0.29, 0.717) is 0 Å². The van der Waals surface area contributed by atoms with E-state index in [9.17, 15) is 0 Å². The smallest absolute Gasteiger partial charge is 0.133 e. The zero-order valence-electron chi connectivity index (χ0n) is 10.8. The molecule has 1 aromatic heterocycles. The molecule has 0 unspecified atom stereocenters. The predicted molar refractivity (Wildman–Crippen MR) is 75.9 cm³/mol. The first-order valence-electron chi connectivity index (χ1n) is 6.78. The third-order valence-corrected chi connectivity index (χ3v) is 4.15. The topological polar surface area (TPSA) is 32.3 Å². The van der Waals surface area contributed by atoms with Crippen LogP contribution < -0.4 is 4.90 Å². The van der Waals surface area contributed by atoms with Crippen molar-refractivity contribution in [3.63, 3.8) is 0 Å². The second-order valence-electron chi connectivity index (χ2n) is 5.07. The summed E-state index contributed by atoms with van der Waals surface area (Å²) in [5.74, 6) is 1.99. The first-order chi connectivity index (χ1) is 8.76. The molecule has 0 amide bonds. The number of piperazine rings is 1. The van der Waals surface area contributed by atoms with Crippen molar-refractivity contribution in [2.45, 2.75) is 32.2 Å². The average molecular weight is 311 g/mol. The highest BCUT2D eigenvalue weighted by Crippen LogP contribution is 2.28. The Balaban J connectivity index is 1.69. The molecule has 1 aliphatic carbocycles. The van der Waals surface area contributed by atoms with Crippen LogP contribution >= 0.6 is 15.9 Å². The van der Waals surface area contributed by atoms with Crippen molar-refractivity contribution in [2.24, 2.45) is 0 Å². The van der Waals surface area contributed by atoms with Gasteiger partial charge >= 0.3 is 0 Å². The van der Waals surface area contributed by atoms with E-state index >= 15 is 0 Å². The van der Waals surface area contributed by atoms with Gasteiger partial charge < -0.3 is 4.90 Å². The molecular weight excluding hydrogens is 292 g/mol. The summed E-state index contributed by atoms with van der Waals surface area (Å²) in [6, 6.07) is 2.92. The zero-order valence-corrected chi connectivity index (χ0v) is 12.4. The number of nitrogens with zero attached hydrogens (tertiary/aromatic N) is 4. The van der Waals surface area contributed by atoms with E-state index < -0.39 is 0 Å². The van der Waals surface area contributed by atoms with Crippen LogP contribution in [0.3, 0.4) is 0 Å². The van der Waals surface area contributed by atoms with Gasteiger partial charge in [-0.15, -0.1) is 0 Å². The van der Waals surface area contributed by atoms with Crippen molar-refractivity contribution in [3.05, 3.63) is 16.5 Å². The third-order valence-electron chi connectivity index (χ3n) is 3.75. The van der Waals surface area contributed by atoms with Crippen LogP contribution in [-0.4, -0.2) is 47.1 Å². The summed E-state index contributed by atoms with van der Waals surface area (Å²) in [7, 11) is 0. The van der Waals surface area contributed by atoms with Gasteiger partial charge in [-0.1, -0.05) is 6.92 Å². The summed E-state index contributed by atoms with van der Waals surface area (Å²) in [5.41, 5.74) is 0. The Kier molecular flexibility index (Phi) is 3.52. The molecule has 2 heterocycles. The van der Waals surface area contributed by atoms with Gasteiger partial charge in [0.15, 0.2) is 0 Å². The van der Waals surface area contributed by atoms with E-state index in [0.717, 1.165) is 41.8 Å². The largest absolute Gasteiger partial charge is 0.354 e. The number of anilines is 1. The molecule has 1 aromatic rings. The van der Waals surface area contributed by atoms with Gasteiger partial charge in [-0.2, -0.15) is 0 Å². The third kappa shape index (κ3) is 2.67. The lowest BCUT2D eigenvalue weighted by Crippen LogP contribution is -2.47. The highest BCUT2D eigenvalue weighted by atomic mass is 79.9. The normalized spacial score (nSPS) is 21.3. The SMILES string of the molecule is CCc1nc(Br)cc(N2CCN(C3CC3)CC2)n1. The fourth-order valence-corrected chi connectivity index (χ4v) is 2.94. The van der Waals surface area contributed by atoms with Gasteiger partial charge in [0.05, 0.1) is 0 Å². The average Bonchev–Trinajstić information content (AvgIpc) is 3.22. The van der Waals surface area contributed by atoms with Gasteiger partial charge in [-0.3, -0.25) is 4.90 Å². The molecule has 3 rings (SSSR count). The van der Waals surface area contributed by atoms with Crippen LogP contribution in [0.25, 0.3) is 0 Å². The Labute approximate surface area is 117 Å². The fourth-order valence-electron chi connectivity index (χ4n) is 2.53. The summed E-state index contributed by atoms with van der Waals surface area (Å²) in [6.45, 7) is 6.62. The van der Waals surface area contributed by atoms with Gasteiger partial charge in [-0.25, -0.2) is 9.97 Å². The minimum absolute atomic E-state index is 0.883. The molecule has 0 N–H and O–H groups in total. The lowest BCUT2D eigenvalue weighted by atomic mass is 10.3. The van der Waals surface area contributed by atoms with Crippen LogP contribution in [0.1, 0.15) is 25.6 Å². The van der Waals surface area contributed by atoms with Crippen molar-refractivity contribution in [1.29, 1.82) is 0 Å². The molecule has 18 heavy (non-hydrogen) atoms. The van der Waals surface area contributed by atoms with E-state index in [2.05, 4.69) is 42.6 Å². The second kappa shape index (κ2) is 5.13. The molecular formula is C13H19BrN4. The van der Waals surface area contributed by atoms with Crippen LogP contribution in [0.15, 0.2) is 10.7 Å². The van der Waals surface area contributed by atoms with Gasteiger partial charge in [0.1, 0.15) is 16.2 Å². The molecule has 2 fully saturated rings. The molecule has 0 radical (unpaired) electrons. The molecule has 4 nitrogen and oxygen atoms in total. The zero-order chi connectivity index (χ0) is 12.5. The van der Waals surface area contributed by atoms with Gasteiger partial charge in [-0.05, 0) is 28.8 Å². The van der Waals surface area contributed by atoms with E-state index in [1.807, 2.05) is 6.07 Å². The van der Waals surface area contributed by atoms with Crippen molar-refractivity contribution in [2.75, 3.05) is 31.1 Å². The summed E-state index contributed by atoms with van der Waals surface area (Å²) in [6.07, 6.45) is 3.69. The molecule has 98 valence electrons. The van der Waals surface area contributed by atoms with Crippen molar-refractivity contribution in [1.82, 2.24) is 14.9 Å². The molecule has 0 spiro atoms. The second-order valence-corrected chi connectivity index (χ2v) is 5.89. The molecule has 0 bridgehead atoms. The van der Waals surface area contributed by atoms with E-state index in [1.165, 1.54) is 25.9 Å². The number of aromatic nitrogens is 2. The van der Waals surface area contributed by atoms with Crippen LogP contribution in [0.4, 0.5) is 5.82 Å². The number of hydrogen-bond acceptors (Lipinski definition) is 4. The molecule has 1 aliphatic heterocycles. The Morgan fingerprint density at radius 1 is 1.22 bits per heavy atom. The molecule has 5 heteroatoms. The predicted octanol–water partition coefficient (Wildman–Crippen LogP) is 2.09. The first kappa shape index (κ1) is 12.4. The minimum Gasteiger partial charge on any atom is -0.354 e. The van der Waals surface area contributed by atoms with Crippen molar-refractivity contribution < 1.29 is 0 Å². The number of rotatable bonds is 3. The fraction of sp³-hybridized carbons (Fsp3) is 0.692. The highest BCUT2D eigenvalue weighted by Gasteiger charge is 2.31. The van der Waals surface area contributed by atoms with E-state index in [-0.39, 0.29) is 0 Å². The molecule has 1 saturated carbocycles. The number of aryl methyl sites for hydroxylation is 1. The summed E-state index contributed by atoms with van der Waals surface area (Å²) >= 11 is 3.48. The monoisotopic (exact) mass is 310 g/mol. The van der Waals surface area contributed by atoms with Crippen molar-refractivity contribution in [3.8, 4) is 0 Å². The van der Waals surface area contributed by atoms with E-state index in [4.69, 9.17) is 0 Å². The number of halogens is 1. The maximum Gasteiger partial charge on any atom is 0.133 e. The lowest BCUT2D eigenvalue weighted by Gasteiger charge is -2.35. The lowest BCUT2D eigenvalue weighted by molar-refractivity contribution is 0.247. The van der Waals surface area contributed by atoms with Gasteiger partial charge in [0, 0.05) is 44.7 Å². The molecule has 0 aromatic carbocycles. The van der Waals surface area contributed by atoms with Crippen LogP contribution in [0.5, 0.6) is 0 Å². The number of hydrogen-bond donors (Lipinski definition) is 0. The molecule has 0 atom stereocenters. The quantitative estimate of drug-likeness (QED) is 0.800. The maximum absolute atomic E-state index is 4.63. The first-order valence-corrected chi connectivity index (χ1v) is 7.58. The summed E-state index contributed by atoms with van der Waals surface area (Å²) < 4.78 is 0.897. The summed E-state index contributed by atoms with van der Waals surface area (Å²) in [5, 5.41) is 0. The highest BCUT2D eigenvalue weighted by molar-refractivity contribution is 9.10. The summed E-state index contributed by atoms with van der Waals surface area (Å²) in [4.78, 5) is 14.0. The standard InChI is InChI=1S/C13H19BrN4/c1-2-12-15-11(14)9-13(16-12)18-7-5-17(6-8-18)10-3-4-10/h9-10H,2-8H2,1H3. The van der Waals surface area contributed by atoms with Crippen LogP contribution in [-0.2, 0) is 6.42 Å². The maximum atomic E-state index is 4.63. The Hall–Kier alpha value is -0.680. The Morgan fingerprint density at radius 2 is 1.94 bits per heavy atom. The van der Waals surface area contributed by atoms with Crippen molar-refractivity contribution >= 4 is 21.7 Å². The molecule has 2 aliphatic rings. The molecule has 1 saturated heterocycles. The Morgan fingerprint density at radius 3 is 2.56 bits per heavy atom. The van der Waals surface area contributed by atoms with Gasteiger partial charge in [0.2, 0.25) is 0 Å².